The van der Waals surface area contributed by atoms with E-state index < -0.39 is 0 Å². The lowest BCUT2D eigenvalue weighted by Crippen LogP contribution is -2.18. The van der Waals surface area contributed by atoms with Crippen molar-refractivity contribution in [1.29, 1.82) is 0 Å². The summed E-state index contributed by atoms with van der Waals surface area (Å²) in [4.78, 5) is 6.02. The first-order valence-corrected chi connectivity index (χ1v) is 8.32. The third-order valence-electron chi connectivity index (χ3n) is 3.15. The Hall–Kier alpha value is -1.39. The standard InChI is InChI=1S/C17H24N2OS/c1-5-20-15-9-7-6-8-14(15)17-19-13(4)16(21-17)11-18-10-12(2)3/h6-9,12,18H,5,10-11H2,1-4H3. The number of ether oxygens (including phenoxy) is 1. The molecule has 3 nitrogen and oxygen atoms in total. The van der Waals surface area contributed by atoms with Gasteiger partial charge in [0.05, 0.1) is 17.9 Å². The summed E-state index contributed by atoms with van der Waals surface area (Å²) in [6.07, 6.45) is 0. The van der Waals surface area contributed by atoms with Crippen molar-refractivity contribution in [2.24, 2.45) is 5.92 Å². The zero-order chi connectivity index (χ0) is 15.2. The van der Waals surface area contributed by atoms with E-state index in [4.69, 9.17) is 9.72 Å². The number of benzene rings is 1. The van der Waals surface area contributed by atoms with Crippen LogP contribution in [0.4, 0.5) is 0 Å². The molecule has 2 rings (SSSR count). The van der Waals surface area contributed by atoms with Crippen LogP contribution in [0.5, 0.6) is 5.75 Å². The van der Waals surface area contributed by atoms with Crippen LogP contribution in [-0.2, 0) is 6.54 Å². The Bertz CT molecular complexity index is 578. The van der Waals surface area contributed by atoms with E-state index in [1.54, 1.807) is 11.3 Å². The smallest absolute Gasteiger partial charge is 0.129 e. The van der Waals surface area contributed by atoms with Crippen LogP contribution in [0.15, 0.2) is 24.3 Å². The fraction of sp³-hybridized carbons (Fsp3) is 0.471. The van der Waals surface area contributed by atoms with E-state index >= 15 is 0 Å². The fourth-order valence-corrected chi connectivity index (χ4v) is 3.17. The van der Waals surface area contributed by atoms with Gasteiger partial charge in [-0.05, 0) is 38.4 Å². The van der Waals surface area contributed by atoms with E-state index in [-0.39, 0.29) is 0 Å². The number of hydrogen-bond donors (Lipinski definition) is 1. The first-order valence-electron chi connectivity index (χ1n) is 7.51. The minimum absolute atomic E-state index is 0.663. The Morgan fingerprint density at radius 2 is 2.05 bits per heavy atom. The zero-order valence-corrected chi connectivity index (χ0v) is 14.1. The molecule has 21 heavy (non-hydrogen) atoms. The molecule has 0 saturated carbocycles. The third-order valence-corrected chi connectivity index (χ3v) is 4.34. The summed E-state index contributed by atoms with van der Waals surface area (Å²) in [5.41, 5.74) is 2.19. The van der Waals surface area contributed by atoms with Gasteiger partial charge in [0, 0.05) is 11.4 Å². The van der Waals surface area contributed by atoms with Gasteiger partial charge < -0.3 is 10.1 Å². The van der Waals surface area contributed by atoms with Crippen molar-refractivity contribution in [2.45, 2.75) is 34.2 Å². The van der Waals surface area contributed by atoms with Gasteiger partial charge in [0.15, 0.2) is 0 Å². The third kappa shape index (κ3) is 4.29. The Labute approximate surface area is 131 Å². The number of rotatable bonds is 7. The normalized spacial score (nSPS) is 11.1. The fourth-order valence-electron chi connectivity index (χ4n) is 2.11. The molecule has 1 heterocycles. The molecule has 0 spiro atoms. The molecule has 1 aromatic heterocycles. The first kappa shape index (κ1) is 16.0. The topological polar surface area (TPSA) is 34.1 Å². The first-order chi connectivity index (χ1) is 10.1. The highest BCUT2D eigenvalue weighted by Crippen LogP contribution is 2.34. The van der Waals surface area contributed by atoms with Crippen LogP contribution in [0.3, 0.4) is 0 Å². The molecule has 0 aliphatic carbocycles. The van der Waals surface area contributed by atoms with Crippen LogP contribution in [0.25, 0.3) is 10.6 Å². The number of nitrogens with one attached hydrogen (secondary N) is 1. The molecule has 0 saturated heterocycles. The summed E-state index contributed by atoms with van der Waals surface area (Å²) in [6.45, 7) is 11.1. The number of aryl methyl sites for hydroxylation is 1. The van der Waals surface area contributed by atoms with Gasteiger partial charge in [-0.1, -0.05) is 26.0 Å². The van der Waals surface area contributed by atoms with Crippen LogP contribution in [-0.4, -0.2) is 18.1 Å². The summed E-state index contributed by atoms with van der Waals surface area (Å²) in [5, 5.41) is 4.53. The molecule has 0 radical (unpaired) electrons. The number of para-hydroxylation sites is 1. The van der Waals surface area contributed by atoms with Gasteiger partial charge in [-0.3, -0.25) is 0 Å². The van der Waals surface area contributed by atoms with E-state index in [9.17, 15) is 0 Å². The number of nitrogens with zero attached hydrogens (tertiary/aromatic N) is 1. The monoisotopic (exact) mass is 304 g/mol. The van der Waals surface area contributed by atoms with Gasteiger partial charge in [-0.25, -0.2) is 4.98 Å². The maximum absolute atomic E-state index is 5.70. The number of hydrogen-bond acceptors (Lipinski definition) is 4. The van der Waals surface area contributed by atoms with Crippen molar-refractivity contribution in [2.75, 3.05) is 13.2 Å². The summed E-state index contributed by atoms with van der Waals surface area (Å²) in [5.74, 6) is 1.58. The summed E-state index contributed by atoms with van der Waals surface area (Å²) >= 11 is 1.75. The molecule has 0 aliphatic heterocycles. The van der Waals surface area contributed by atoms with Crippen LogP contribution in [0.1, 0.15) is 31.3 Å². The number of thiazole rings is 1. The van der Waals surface area contributed by atoms with Gasteiger partial charge >= 0.3 is 0 Å². The lowest BCUT2D eigenvalue weighted by molar-refractivity contribution is 0.341. The largest absolute Gasteiger partial charge is 0.493 e. The highest BCUT2D eigenvalue weighted by Gasteiger charge is 2.13. The zero-order valence-electron chi connectivity index (χ0n) is 13.3. The van der Waals surface area contributed by atoms with E-state index in [0.29, 0.717) is 12.5 Å². The lowest BCUT2D eigenvalue weighted by Gasteiger charge is -2.07. The summed E-state index contributed by atoms with van der Waals surface area (Å²) < 4.78 is 5.70. The van der Waals surface area contributed by atoms with Gasteiger partial charge in [-0.15, -0.1) is 11.3 Å². The molecule has 0 unspecified atom stereocenters. The van der Waals surface area contributed by atoms with Crippen LogP contribution < -0.4 is 10.1 Å². The Kier molecular flexibility index (Phi) is 5.76. The highest BCUT2D eigenvalue weighted by molar-refractivity contribution is 7.15. The van der Waals surface area contributed by atoms with Crippen molar-refractivity contribution in [1.82, 2.24) is 10.3 Å². The Morgan fingerprint density at radius 1 is 1.29 bits per heavy atom. The molecular weight excluding hydrogens is 280 g/mol. The second kappa shape index (κ2) is 7.57. The quantitative estimate of drug-likeness (QED) is 0.830. The van der Waals surface area contributed by atoms with Crippen molar-refractivity contribution in [3.63, 3.8) is 0 Å². The summed E-state index contributed by atoms with van der Waals surface area (Å²) in [7, 11) is 0. The SMILES string of the molecule is CCOc1ccccc1-c1nc(C)c(CNCC(C)C)s1. The molecule has 2 aromatic rings. The minimum Gasteiger partial charge on any atom is -0.493 e. The second-order valence-corrected chi connectivity index (χ2v) is 6.57. The van der Waals surface area contributed by atoms with Gasteiger partial charge in [0.2, 0.25) is 0 Å². The molecular formula is C17H24N2OS. The maximum Gasteiger partial charge on any atom is 0.129 e. The van der Waals surface area contributed by atoms with Gasteiger partial charge in [-0.2, -0.15) is 0 Å². The predicted octanol–water partition coefficient (Wildman–Crippen LogP) is 4.26. The lowest BCUT2D eigenvalue weighted by atomic mass is 10.2. The Morgan fingerprint density at radius 3 is 2.76 bits per heavy atom. The number of aromatic nitrogens is 1. The molecule has 1 N–H and O–H groups in total. The van der Waals surface area contributed by atoms with Crippen molar-refractivity contribution in [3.05, 3.63) is 34.8 Å². The highest BCUT2D eigenvalue weighted by atomic mass is 32.1. The molecule has 1 aromatic carbocycles. The second-order valence-electron chi connectivity index (χ2n) is 5.48. The molecule has 0 amide bonds. The maximum atomic E-state index is 5.70. The van der Waals surface area contributed by atoms with Gasteiger partial charge in [0.1, 0.15) is 10.8 Å². The predicted molar refractivity (Wildman–Crippen MR) is 90.0 cm³/mol. The molecule has 0 aliphatic rings. The molecule has 4 heteroatoms. The van der Waals surface area contributed by atoms with Crippen molar-refractivity contribution >= 4 is 11.3 Å². The van der Waals surface area contributed by atoms with E-state index in [2.05, 4.69) is 32.2 Å². The van der Waals surface area contributed by atoms with E-state index in [1.165, 1.54) is 4.88 Å². The van der Waals surface area contributed by atoms with Crippen LogP contribution in [0.2, 0.25) is 0 Å². The van der Waals surface area contributed by atoms with Crippen LogP contribution >= 0.6 is 11.3 Å². The average Bonchev–Trinajstić information content (AvgIpc) is 2.81. The van der Waals surface area contributed by atoms with Gasteiger partial charge in [0.25, 0.3) is 0 Å². The minimum atomic E-state index is 0.663. The summed E-state index contributed by atoms with van der Waals surface area (Å²) in [6, 6.07) is 8.12. The van der Waals surface area contributed by atoms with Crippen molar-refractivity contribution in [3.8, 4) is 16.3 Å². The van der Waals surface area contributed by atoms with E-state index in [0.717, 1.165) is 35.1 Å². The molecule has 0 bridgehead atoms. The molecule has 0 fully saturated rings. The van der Waals surface area contributed by atoms with Crippen LogP contribution in [0, 0.1) is 12.8 Å². The molecule has 114 valence electrons. The average molecular weight is 304 g/mol. The van der Waals surface area contributed by atoms with Crippen molar-refractivity contribution < 1.29 is 4.74 Å². The Balaban J connectivity index is 2.18. The molecule has 0 atom stereocenters. The van der Waals surface area contributed by atoms with E-state index in [1.807, 2.05) is 25.1 Å².